The van der Waals surface area contributed by atoms with Crippen LogP contribution in [-0.4, -0.2) is 6.10 Å². The van der Waals surface area contributed by atoms with E-state index < -0.39 is 0 Å². The number of unbranched alkanes of at least 4 members (excludes halogenated alkanes) is 13. The van der Waals surface area contributed by atoms with Crippen molar-refractivity contribution in [2.45, 2.75) is 373 Å². The van der Waals surface area contributed by atoms with Crippen LogP contribution in [0.1, 0.15) is 364 Å². The van der Waals surface area contributed by atoms with Crippen LogP contribution in [0.15, 0.2) is 219 Å². The zero-order valence-electron chi connectivity index (χ0n) is 83.7. The number of hydrogen-bond acceptors (Lipinski definition) is 1. The fraction of sp³-hybridized carbons (Fsp3) is 0.695. The van der Waals surface area contributed by atoms with Crippen LogP contribution >= 0.6 is 0 Å². The first-order chi connectivity index (χ1) is 65.3. The summed E-state index contributed by atoms with van der Waals surface area (Å²) in [4.78, 5) is 0. The van der Waals surface area contributed by atoms with Crippen molar-refractivity contribution in [3.63, 3.8) is 0 Å². The Kier molecular flexibility index (Phi) is 35.2. The lowest BCUT2D eigenvalue weighted by atomic mass is 9.64. The van der Waals surface area contributed by atoms with Crippen molar-refractivity contribution in [2.24, 2.45) is 195 Å². The smallest absolute Gasteiger partial charge is 0.0720 e. The third kappa shape index (κ3) is 25.1. The number of benzene rings is 4. The molecule has 14 saturated carbocycles. The molecule has 132 heavy (non-hydrogen) atoms. The maximum atomic E-state index is 5.97. The van der Waals surface area contributed by atoms with Crippen LogP contribution in [0.2, 0.25) is 0 Å². The molecule has 26 rings (SSSR count). The fourth-order valence-electron chi connectivity index (χ4n) is 34.6. The summed E-state index contributed by atoms with van der Waals surface area (Å²) in [5, 5.41) is 0. The zero-order chi connectivity index (χ0) is 89.0. The monoisotopic (exact) mass is 1780 g/mol. The summed E-state index contributed by atoms with van der Waals surface area (Å²) in [6.45, 7) is 5.36. The van der Waals surface area contributed by atoms with E-state index in [1.54, 1.807) is 83.5 Å². The number of fused-ring (bicyclic) bond motifs is 30. The van der Waals surface area contributed by atoms with E-state index in [-0.39, 0.29) is 0 Å². The minimum atomic E-state index is 0.472. The molecule has 0 spiro atoms. The molecule has 20 bridgehead atoms. The lowest BCUT2D eigenvalue weighted by molar-refractivity contribution is 0.0245. The van der Waals surface area contributed by atoms with Gasteiger partial charge in [-0.3, -0.25) is 0 Å². The first kappa shape index (κ1) is 95.7. The fourth-order valence-corrected chi connectivity index (χ4v) is 34.6. The molecular weight excluding hydrogens is 1590 g/mol. The Morgan fingerprint density at radius 1 is 0.227 bits per heavy atom. The second-order valence-electron chi connectivity index (χ2n) is 49.3. The molecule has 0 aromatic heterocycles. The van der Waals surface area contributed by atoms with E-state index in [0.717, 1.165) is 196 Å². The van der Waals surface area contributed by atoms with Crippen molar-refractivity contribution >= 4 is 0 Å². The largest absolute Gasteiger partial charge is 0.373 e. The van der Waals surface area contributed by atoms with Gasteiger partial charge < -0.3 is 4.74 Å². The van der Waals surface area contributed by atoms with Gasteiger partial charge >= 0.3 is 0 Å². The van der Waals surface area contributed by atoms with Crippen LogP contribution in [0.25, 0.3) is 0 Å². The van der Waals surface area contributed by atoms with Gasteiger partial charge in [-0.25, -0.2) is 0 Å². The molecule has 0 heterocycles. The van der Waals surface area contributed by atoms with Crippen molar-refractivity contribution in [1.82, 2.24) is 0 Å². The quantitative estimate of drug-likeness (QED) is 0.0257. The van der Waals surface area contributed by atoms with Crippen LogP contribution in [0.3, 0.4) is 0 Å². The average Bonchev–Trinajstić information content (AvgIpc) is 1.55. The van der Waals surface area contributed by atoms with Crippen LogP contribution in [0.4, 0.5) is 0 Å². The van der Waals surface area contributed by atoms with Gasteiger partial charge in [0.05, 0.1) is 12.7 Å². The number of aryl methyl sites for hydroxylation is 3. The van der Waals surface area contributed by atoms with Crippen molar-refractivity contribution in [1.29, 1.82) is 0 Å². The number of allylic oxidation sites excluding steroid dienone is 15. The molecule has 4 aromatic rings. The second-order valence-corrected chi connectivity index (χ2v) is 49.3. The van der Waals surface area contributed by atoms with Gasteiger partial charge in [-0.05, 0) is 398 Å². The summed E-state index contributed by atoms with van der Waals surface area (Å²) in [6.07, 6.45) is 120. The van der Waals surface area contributed by atoms with Gasteiger partial charge in [0, 0.05) is 5.92 Å². The van der Waals surface area contributed by atoms with Crippen molar-refractivity contribution in [3.8, 4) is 0 Å². The average molecular weight is 1780 g/mol. The second kappa shape index (κ2) is 48.6. The topological polar surface area (TPSA) is 9.23 Å². The van der Waals surface area contributed by atoms with Gasteiger partial charge in [0.2, 0.25) is 0 Å². The molecular formula is C131H186O. The molecule has 0 N–H and O–H groups in total. The molecule has 32 atom stereocenters. The van der Waals surface area contributed by atoms with Gasteiger partial charge in [0.15, 0.2) is 0 Å². The first-order valence-electron chi connectivity index (χ1n) is 58.5. The lowest BCUT2D eigenvalue weighted by Gasteiger charge is -2.41. The van der Waals surface area contributed by atoms with Crippen LogP contribution in [0, 0.1) is 195 Å². The predicted molar refractivity (Wildman–Crippen MR) is 561 cm³/mol. The number of hydrogen-bond donors (Lipinski definition) is 0. The molecule has 0 saturated heterocycles. The Hall–Kier alpha value is -5.24. The Balaban J connectivity index is 0.0000000976. The van der Waals surface area contributed by atoms with Gasteiger partial charge in [0.1, 0.15) is 0 Å². The van der Waals surface area contributed by atoms with Crippen molar-refractivity contribution in [3.05, 3.63) is 241 Å². The molecule has 1 nitrogen and oxygen atoms in total. The molecule has 0 radical (unpaired) electrons. The molecule has 0 aliphatic heterocycles. The highest BCUT2D eigenvalue weighted by atomic mass is 16.5. The zero-order valence-corrected chi connectivity index (χ0v) is 83.7. The maximum Gasteiger partial charge on any atom is 0.0720 e. The molecule has 716 valence electrons. The van der Waals surface area contributed by atoms with E-state index in [1.807, 2.05) is 6.07 Å². The van der Waals surface area contributed by atoms with Crippen LogP contribution in [-0.2, 0) is 30.6 Å². The van der Waals surface area contributed by atoms with E-state index in [0.29, 0.717) is 12.0 Å². The summed E-state index contributed by atoms with van der Waals surface area (Å²) in [5.74, 6) is 33.9. The minimum absolute atomic E-state index is 0.472. The van der Waals surface area contributed by atoms with Gasteiger partial charge in [-0.15, -0.1) is 0 Å². The van der Waals surface area contributed by atoms with Crippen molar-refractivity contribution < 1.29 is 4.74 Å². The highest BCUT2D eigenvalue weighted by molar-refractivity contribution is 5.25. The Morgan fingerprint density at radius 3 is 0.992 bits per heavy atom. The Bertz CT molecular complexity index is 4200. The maximum absolute atomic E-state index is 5.97. The summed E-state index contributed by atoms with van der Waals surface area (Å²) in [5.41, 5.74) is 5.79. The Morgan fingerprint density at radius 2 is 0.568 bits per heavy atom. The summed E-state index contributed by atoms with van der Waals surface area (Å²) in [7, 11) is 0. The molecule has 22 aliphatic rings. The Labute approximate surface area is 808 Å². The SMILES string of the molecule is C1=CC2CC1C1C3CC(C4CCCCC4)C(C3)C21.C1=CC2CC1C1C3CC(CC4CCCCC4)C(C3)C21.C1=CC2CC1CC2CCCCc1ccccc1.C1=CC2CC1CC2CCCc1ccccc1.C1=CC2CC1CC2CCc1ccccc1.C1=CC2CC1CC2OCc1ccccc1.CCCCCCCCC1CC2C=CC1C2.CCCCCCCCCCC1CC2C=CC1C2. The molecule has 0 amide bonds. The standard InChI is InChI=1S/C19H28.C18H26.C17H22.C17H30.C16H20.C15H18.C15H26.C14H16O/c1-2-4-12(5-3-1)8-15-10-16-11-17(15)19-14-7-6-13(9-14)18(16)19;1-2-4-11(5-3-1)15-9-14-10-16(15)18-13-7-6-12(8-13)17(14)18;1-2-6-14(7-3-1)8-4-5-9-16-12-15-10-11-17(16)13-15;1-2-3-4-5-6-7-8-9-10-16-13-15-11-12-17(16)14-15;1-2-5-13(6-3-1)7-4-8-15-11-14-9-10-16(15)12-14;1-2-4-12(5-3-1)6-8-14-10-13-7-9-15(14)11-13;1-2-3-4-5-6-7-8-14-11-13-9-10-15(14)12-13;1-2-4-11(5-3-1)10-15-14-9-12-6-7-13(14)8-12/h6-7,12-19H,1-5,8-11H2;6-7,11-18H,1-5,8-10H2;1-3,6-7,10-11,15-17H,4-5,8-9,12-13H2;11-12,15-17H,2-10,13-14H2,1H3;1-3,5-6,9-10,14-16H,4,7-8,11-12H2;1-5,7,9,13-15H,6,8,10-11H2;9-10,13-15H,2-8,11-12H2,1H3;1-7,12-14H,8-10H2. The summed E-state index contributed by atoms with van der Waals surface area (Å²) < 4.78 is 5.97. The highest BCUT2D eigenvalue weighted by Gasteiger charge is 2.63. The highest BCUT2D eigenvalue weighted by Crippen LogP contribution is 2.70. The van der Waals surface area contributed by atoms with Gasteiger partial charge in [-0.2, -0.15) is 0 Å². The van der Waals surface area contributed by atoms with E-state index in [2.05, 4.69) is 226 Å². The molecule has 14 fully saturated rings. The van der Waals surface area contributed by atoms with E-state index >= 15 is 0 Å². The van der Waals surface area contributed by atoms with E-state index in [1.165, 1.54) is 286 Å². The third-order valence-corrected chi connectivity index (χ3v) is 41.0. The van der Waals surface area contributed by atoms with E-state index in [4.69, 9.17) is 4.74 Å². The van der Waals surface area contributed by atoms with Crippen LogP contribution in [0.5, 0.6) is 0 Å². The van der Waals surface area contributed by atoms with Crippen LogP contribution < -0.4 is 0 Å². The molecule has 4 aromatic carbocycles. The molecule has 22 aliphatic carbocycles. The first-order valence-corrected chi connectivity index (χ1v) is 58.5. The predicted octanol–water partition coefficient (Wildman–Crippen LogP) is 36.2. The number of rotatable bonds is 34. The van der Waals surface area contributed by atoms with Crippen molar-refractivity contribution in [2.75, 3.05) is 0 Å². The summed E-state index contributed by atoms with van der Waals surface area (Å²) >= 11 is 0. The molecule has 1 heteroatoms. The van der Waals surface area contributed by atoms with Gasteiger partial charge in [0.25, 0.3) is 0 Å². The van der Waals surface area contributed by atoms with Gasteiger partial charge in [-0.1, -0.05) is 393 Å². The molecule has 32 unspecified atom stereocenters. The normalized spacial score (nSPS) is 38.4. The lowest BCUT2D eigenvalue weighted by Crippen LogP contribution is -2.34. The number of ether oxygens (including phenoxy) is 1. The summed E-state index contributed by atoms with van der Waals surface area (Å²) in [6, 6.07) is 43.1. The van der Waals surface area contributed by atoms with E-state index in [9.17, 15) is 0 Å². The third-order valence-electron chi connectivity index (χ3n) is 41.0. The minimum Gasteiger partial charge on any atom is -0.373 e.